The number of nitrogens with zero attached hydrogens (tertiary/aromatic N) is 2. The van der Waals surface area contributed by atoms with E-state index in [0.717, 1.165) is 22.6 Å². The molecule has 0 fully saturated rings. The van der Waals surface area contributed by atoms with E-state index in [1.165, 1.54) is 0 Å². The molecule has 0 aliphatic carbocycles. The molecule has 7 heteroatoms. The number of fused-ring (bicyclic) bond motifs is 1. The van der Waals surface area contributed by atoms with Crippen LogP contribution < -0.4 is 20.1 Å². The first kappa shape index (κ1) is 16.8. The van der Waals surface area contributed by atoms with Gasteiger partial charge in [-0.2, -0.15) is 0 Å². The van der Waals surface area contributed by atoms with Crippen molar-refractivity contribution in [1.82, 2.24) is 15.5 Å². The average molecular weight is 362 g/mol. The van der Waals surface area contributed by atoms with E-state index >= 15 is 0 Å². The van der Waals surface area contributed by atoms with Gasteiger partial charge in [0.15, 0.2) is 17.2 Å². The van der Waals surface area contributed by atoms with Crippen LogP contribution in [0.2, 0.25) is 0 Å². The lowest BCUT2D eigenvalue weighted by Gasteiger charge is -2.07. The van der Waals surface area contributed by atoms with Crippen molar-refractivity contribution in [3.63, 3.8) is 0 Å². The number of carbonyl (C=O) groups is 1. The molecule has 0 saturated carbocycles. The summed E-state index contributed by atoms with van der Waals surface area (Å²) in [7, 11) is 0. The molecule has 0 unspecified atom stereocenters. The predicted octanol–water partition coefficient (Wildman–Crippen LogP) is 2.75. The van der Waals surface area contributed by atoms with Gasteiger partial charge < -0.3 is 20.1 Å². The summed E-state index contributed by atoms with van der Waals surface area (Å²) in [5, 5.41) is 14.1. The summed E-state index contributed by atoms with van der Waals surface area (Å²) in [6.07, 6.45) is 0. The van der Waals surface area contributed by atoms with Crippen molar-refractivity contribution >= 4 is 11.7 Å². The fourth-order valence-corrected chi connectivity index (χ4v) is 2.66. The quantitative estimate of drug-likeness (QED) is 0.701. The standard InChI is InChI=1S/C20H18N4O3/c25-20(22-11-14-4-2-1-3-5-14)16-7-9-19(24-23-16)21-12-15-6-8-17-18(10-15)27-13-26-17/h1-10H,11-13H2,(H,21,24)(H,22,25). The third-order valence-corrected chi connectivity index (χ3v) is 4.10. The number of rotatable bonds is 6. The van der Waals surface area contributed by atoms with Crippen molar-refractivity contribution in [2.24, 2.45) is 0 Å². The Hall–Kier alpha value is -3.61. The second-order valence-electron chi connectivity index (χ2n) is 6.01. The number of hydrogen-bond donors (Lipinski definition) is 2. The number of aromatic nitrogens is 2. The molecule has 2 heterocycles. The van der Waals surface area contributed by atoms with Gasteiger partial charge in [-0.3, -0.25) is 4.79 Å². The van der Waals surface area contributed by atoms with Crippen LogP contribution in [0.25, 0.3) is 0 Å². The van der Waals surface area contributed by atoms with E-state index in [0.29, 0.717) is 18.9 Å². The molecule has 0 saturated heterocycles. The van der Waals surface area contributed by atoms with E-state index in [1.807, 2.05) is 48.5 Å². The Labute approximate surface area is 156 Å². The van der Waals surface area contributed by atoms with Crippen molar-refractivity contribution in [3.8, 4) is 11.5 Å². The van der Waals surface area contributed by atoms with Gasteiger partial charge in [0.2, 0.25) is 6.79 Å². The van der Waals surface area contributed by atoms with Gasteiger partial charge in [0.1, 0.15) is 5.82 Å². The molecule has 4 rings (SSSR count). The van der Waals surface area contributed by atoms with E-state index < -0.39 is 0 Å². The SMILES string of the molecule is O=C(NCc1ccccc1)c1ccc(NCc2ccc3c(c2)OCO3)nn1. The van der Waals surface area contributed by atoms with Crippen LogP contribution in [0.15, 0.2) is 60.7 Å². The topological polar surface area (TPSA) is 85.4 Å². The largest absolute Gasteiger partial charge is 0.454 e. The van der Waals surface area contributed by atoms with Gasteiger partial charge in [-0.1, -0.05) is 36.4 Å². The normalized spacial score (nSPS) is 11.9. The maximum absolute atomic E-state index is 12.2. The lowest BCUT2D eigenvalue weighted by molar-refractivity contribution is 0.0945. The second kappa shape index (κ2) is 7.74. The molecule has 0 atom stereocenters. The van der Waals surface area contributed by atoms with Crippen molar-refractivity contribution < 1.29 is 14.3 Å². The molecule has 1 amide bonds. The molecule has 27 heavy (non-hydrogen) atoms. The van der Waals surface area contributed by atoms with Crippen LogP contribution in [0.3, 0.4) is 0 Å². The van der Waals surface area contributed by atoms with Crippen molar-refractivity contribution in [3.05, 3.63) is 77.5 Å². The molecule has 0 bridgehead atoms. The summed E-state index contributed by atoms with van der Waals surface area (Å²) < 4.78 is 10.7. The molecule has 0 radical (unpaired) electrons. The number of carbonyl (C=O) groups excluding carboxylic acids is 1. The first-order chi connectivity index (χ1) is 13.3. The molecule has 136 valence electrons. The molecular formula is C20H18N4O3. The zero-order valence-electron chi connectivity index (χ0n) is 14.5. The zero-order chi connectivity index (χ0) is 18.5. The van der Waals surface area contributed by atoms with E-state index in [2.05, 4.69) is 20.8 Å². The summed E-state index contributed by atoms with van der Waals surface area (Å²) >= 11 is 0. The molecule has 1 aliphatic heterocycles. The highest BCUT2D eigenvalue weighted by Crippen LogP contribution is 2.32. The molecule has 2 aromatic carbocycles. The third kappa shape index (κ3) is 4.14. The Kier molecular flexibility index (Phi) is 4.82. The number of ether oxygens (including phenoxy) is 2. The Morgan fingerprint density at radius 1 is 0.889 bits per heavy atom. The maximum atomic E-state index is 12.2. The molecule has 1 aliphatic rings. The van der Waals surface area contributed by atoms with E-state index in [-0.39, 0.29) is 18.4 Å². The zero-order valence-corrected chi connectivity index (χ0v) is 14.5. The van der Waals surface area contributed by atoms with E-state index in [1.54, 1.807) is 12.1 Å². The number of anilines is 1. The fraction of sp³-hybridized carbons (Fsp3) is 0.150. The monoisotopic (exact) mass is 362 g/mol. The fourth-order valence-electron chi connectivity index (χ4n) is 2.66. The van der Waals surface area contributed by atoms with Crippen LogP contribution in [0, 0.1) is 0 Å². The molecule has 7 nitrogen and oxygen atoms in total. The lowest BCUT2D eigenvalue weighted by atomic mass is 10.2. The first-order valence-electron chi connectivity index (χ1n) is 8.56. The van der Waals surface area contributed by atoms with Crippen LogP contribution in [0.1, 0.15) is 21.6 Å². The van der Waals surface area contributed by atoms with Gasteiger partial charge >= 0.3 is 0 Å². The first-order valence-corrected chi connectivity index (χ1v) is 8.56. The smallest absolute Gasteiger partial charge is 0.272 e. The van der Waals surface area contributed by atoms with Crippen molar-refractivity contribution in [2.45, 2.75) is 13.1 Å². The Morgan fingerprint density at radius 2 is 1.74 bits per heavy atom. The van der Waals surface area contributed by atoms with Gasteiger partial charge in [-0.15, -0.1) is 10.2 Å². The maximum Gasteiger partial charge on any atom is 0.272 e. The van der Waals surface area contributed by atoms with Gasteiger partial charge in [0, 0.05) is 13.1 Å². The van der Waals surface area contributed by atoms with Crippen molar-refractivity contribution in [1.29, 1.82) is 0 Å². The van der Waals surface area contributed by atoms with Crippen LogP contribution in [0.5, 0.6) is 11.5 Å². The summed E-state index contributed by atoms with van der Waals surface area (Å²) in [6.45, 7) is 1.27. The summed E-state index contributed by atoms with van der Waals surface area (Å²) in [5.74, 6) is 1.83. The van der Waals surface area contributed by atoms with Crippen LogP contribution in [-0.2, 0) is 13.1 Å². The van der Waals surface area contributed by atoms with Gasteiger partial charge in [0.05, 0.1) is 0 Å². The summed E-state index contributed by atoms with van der Waals surface area (Å²) in [6, 6.07) is 18.9. The average Bonchev–Trinajstić information content (AvgIpc) is 3.19. The van der Waals surface area contributed by atoms with Gasteiger partial charge in [0.25, 0.3) is 5.91 Å². The molecular weight excluding hydrogens is 344 g/mol. The van der Waals surface area contributed by atoms with Gasteiger partial charge in [-0.05, 0) is 35.4 Å². The Morgan fingerprint density at radius 3 is 2.56 bits per heavy atom. The highest BCUT2D eigenvalue weighted by atomic mass is 16.7. The second-order valence-corrected chi connectivity index (χ2v) is 6.01. The minimum absolute atomic E-state index is 0.255. The number of amides is 1. The highest BCUT2D eigenvalue weighted by Gasteiger charge is 2.13. The number of hydrogen-bond acceptors (Lipinski definition) is 6. The summed E-state index contributed by atoms with van der Waals surface area (Å²) in [4.78, 5) is 12.2. The van der Waals surface area contributed by atoms with Crippen LogP contribution in [-0.4, -0.2) is 22.9 Å². The minimum Gasteiger partial charge on any atom is -0.454 e. The number of benzene rings is 2. The molecule has 0 spiro atoms. The Bertz CT molecular complexity index is 930. The molecule has 1 aromatic heterocycles. The highest BCUT2D eigenvalue weighted by molar-refractivity contribution is 5.92. The van der Waals surface area contributed by atoms with Gasteiger partial charge in [-0.25, -0.2) is 0 Å². The van der Waals surface area contributed by atoms with E-state index in [9.17, 15) is 4.79 Å². The minimum atomic E-state index is -0.256. The summed E-state index contributed by atoms with van der Waals surface area (Å²) in [5.41, 5.74) is 2.34. The van der Waals surface area contributed by atoms with Crippen LogP contribution >= 0.6 is 0 Å². The molecule has 2 N–H and O–H groups in total. The van der Waals surface area contributed by atoms with Crippen molar-refractivity contribution in [2.75, 3.05) is 12.1 Å². The lowest BCUT2D eigenvalue weighted by Crippen LogP contribution is -2.24. The van der Waals surface area contributed by atoms with E-state index in [4.69, 9.17) is 9.47 Å². The third-order valence-electron chi connectivity index (χ3n) is 4.10. The predicted molar refractivity (Wildman–Crippen MR) is 99.5 cm³/mol. The van der Waals surface area contributed by atoms with Crippen LogP contribution in [0.4, 0.5) is 5.82 Å². The number of nitrogens with one attached hydrogen (secondary N) is 2. The molecule has 3 aromatic rings. The Balaban J connectivity index is 1.31.